The fourth-order valence-electron chi connectivity index (χ4n) is 4.46. The van der Waals surface area contributed by atoms with Crippen LogP contribution < -0.4 is 9.80 Å². The van der Waals surface area contributed by atoms with Crippen LogP contribution >= 0.6 is 11.3 Å². The molecule has 184 valence electrons. The summed E-state index contributed by atoms with van der Waals surface area (Å²) in [6, 6.07) is 22.5. The van der Waals surface area contributed by atoms with Crippen LogP contribution in [0.5, 0.6) is 0 Å². The van der Waals surface area contributed by atoms with E-state index in [4.69, 9.17) is 4.98 Å². The van der Waals surface area contributed by atoms with Crippen molar-refractivity contribution in [3.05, 3.63) is 112 Å². The molecule has 0 bridgehead atoms. The average Bonchev–Trinajstić information content (AvgIpc) is 3.47. The van der Waals surface area contributed by atoms with Crippen molar-refractivity contribution in [3.8, 4) is 0 Å². The van der Waals surface area contributed by atoms with E-state index in [0.29, 0.717) is 17.8 Å². The Morgan fingerprint density at radius 3 is 2.36 bits per heavy atom. The number of hydrogen-bond acceptors (Lipinski definition) is 5. The fraction of sp³-hybridized carbons (Fsp3) is 0.241. The minimum Gasteiger partial charge on any atom is -0.354 e. The molecule has 3 heterocycles. The van der Waals surface area contributed by atoms with E-state index in [9.17, 15) is 9.18 Å². The summed E-state index contributed by atoms with van der Waals surface area (Å²) in [4.78, 5) is 24.4. The first-order chi connectivity index (χ1) is 17.7. The van der Waals surface area contributed by atoms with Crippen LogP contribution in [-0.4, -0.2) is 48.5 Å². The van der Waals surface area contributed by atoms with Crippen LogP contribution in [0.25, 0.3) is 0 Å². The number of nitrogens with zero attached hydrogens (tertiary/aromatic N) is 4. The van der Waals surface area contributed by atoms with Gasteiger partial charge in [0.25, 0.3) is 5.91 Å². The number of carbonyl (C=O) groups is 1. The van der Waals surface area contributed by atoms with Crippen LogP contribution in [-0.2, 0) is 13.0 Å². The molecule has 1 fully saturated rings. The van der Waals surface area contributed by atoms with Crippen molar-refractivity contribution in [1.82, 2.24) is 9.88 Å². The molecule has 0 spiro atoms. The SMILES string of the molecule is O=C(c1ccsc1)N(Cc1ccc(N2CCN(CCc3ccccc3)CC2)nc1)c1ccc(F)cc1. The highest BCUT2D eigenvalue weighted by atomic mass is 32.1. The zero-order chi connectivity index (χ0) is 24.7. The largest absolute Gasteiger partial charge is 0.354 e. The van der Waals surface area contributed by atoms with Gasteiger partial charge in [-0.25, -0.2) is 9.37 Å². The molecule has 0 radical (unpaired) electrons. The molecule has 7 heteroatoms. The van der Waals surface area contributed by atoms with Crippen LogP contribution in [0.3, 0.4) is 0 Å². The van der Waals surface area contributed by atoms with Gasteiger partial charge in [0.2, 0.25) is 0 Å². The van der Waals surface area contributed by atoms with Gasteiger partial charge in [0, 0.05) is 50.0 Å². The quantitative estimate of drug-likeness (QED) is 0.321. The number of aromatic nitrogens is 1. The topological polar surface area (TPSA) is 39.7 Å². The minimum atomic E-state index is -0.326. The molecule has 1 aliphatic heterocycles. The lowest BCUT2D eigenvalue weighted by molar-refractivity contribution is 0.0985. The molecule has 1 aliphatic rings. The van der Waals surface area contributed by atoms with E-state index in [1.165, 1.54) is 29.0 Å². The Morgan fingerprint density at radius 2 is 1.69 bits per heavy atom. The third-order valence-electron chi connectivity index (χ3n) is 6.56. The lowest BCUT2D eigenvalue weighted by atomic mass is 10.1. The predicted octanol–water partition coefficient (Wildman–Crippen LogP) is 5.49. The Labute approximate surface area is 215 Å². The van der Waals surface area contributed by atoms with Gasteiger partial charge in [-0.1, -0.05) is 36.4 Å². The van der Waals surface area contributed by atoms with E-state index in [1.54, 1.807) is 17.0 Å². The number of rotatable bonds is 8. The van der Waals surface area contributed by atoms with E-state index in [2.05, 4.69) is 40.1 Å². The zero-order valence-corrected chi connectivity index (χ0v) is 20.9. The second kappa shape index (κ2) is 11.5. The lowest BCUT2D eigenvalue weighted by Gasteiger charge is -2.35. The minimum absolute atomic E-state index is 0.112. The number of benzene rings is 2. The van der Waals surface area contributed by atoms with Gasteiger partial charge in [-0.15, -0.1) is 0 Å². The number of carbonyl (C=O) groups excluding carboxylic acids is 1. The van der Waals surface area contributed by atoms with Crippen LogP contribution in [0.15, 0.2) is 89.8 Å². The predicted molar refractivity (Wildman–Crippen MR) is 144 cm³/mol. The molecule has 0 saturated carbocycles. The van der Waals surface area contributed by atoms with Crippen molar-refractivity contribution in [1.29, 1.82) is 0 Å². The number of pyridine rings is 1. The summed E-state index contributed by atoms with van der Waals surface area (Å²) in [6.45, 7) is 5.36. The normalized spacial score (nSPS) is 14.1. The van der Waals surface area contributed by atoms with Crippen molar-refractivity contribution in [2.24, 2.45) is 0 Å². The van der Waals surface area contributed by atoms with Gasteiger partial charge in [0.05, 0.1) is 12.1 Å². The molecule has 2 aromatic heterocycles. The second-order valence-corrected chi connectivity index (χ2v) is 9.75. The number of thiophene rings is 1. The van der Waals surface area contributed by atoms with Crippen molar-refractivity contribution < 1.29 is 9.18 Å². The van der Waals surface area contributed by atoms with Gasteiger partial charge in [-0.05, 0) is 59.3 Å². The Balaban J connectivity index is 1.20. The summed E-state index contributed by atoms with van der Waals surface area (Å²) in [7, 11) is 0. The maximum absolute atomic E-state index is 13.5. The Morgan fingerprint density at radius 1 is 0.917 bits per heavy atom. The summed E-state index contributed by atoms with van der Waals surface area (Å²) in [5.74, 6) is 0.519. The third-order valence-corrected chi connectivity index (χ3v) is 7.24. The fourth-order valence-corrected chi connectivity index (χ4v) is 5.09. The highest BCUT2D eigenvalue weighted by Gasteiger charge is 2.20. The Bertz CT molecular complexity index is 1240. The average molecular weight is 501 g/mol. The van der Waals surface area contributed by atoms with Gasteiger partial charge in [0.1, 0.15) is 11.6 Å². The molecule has 0 N–H and O–H groups in total. The van der Waals surface area contributed by atoms with Crippen LogP contribution in [0.1, 0.15) is 21.5 Å². The van der Waals surface area contributed by atoms with E-state index in [-0.39, 0.29) is 11.7 Å². The zero-order valence-electron chi connectivity index (χ0n) is 20.1. The van der Waals surface area contributed by atoms with Crippen molar-refractivity contribution in [3.63, 3.8) is 0 Å². The number of halogens is 1. The molecular formula is C29H29FN4OS. The monoisotopic (exact) mass is 500 g/mol. The maximum atomic E-state index is 13.5. The van der Waals surface area contributed by atoms with Gasteiger partial charge < -0.3 is 9.80 Å². The van der Waals surface area contributed by atoms with Crippen molar-refractivity contribution >= 4 is 28.7 Å². The summed E-state index contributed by atoms with van der Waals surface area (Å²) in [5.41, 5.74) is 3.58. The molecule has 36 heavy (non-hydrogen) atoms. The number of piperazine rings is 1. The molecule has 5 rings (SSSR count). The summed E-state index contributed by atoms with van der Waals surface area (Å²) >= 11 is 1.48. The third kappa shape index (κ3) is 5.98. The second-order valence-electron chi connectivity index (χ2n) is 8.97. The van der Waals surface area contributed by atoms with Crippen LogP contribution in [0.2, 0.25) is 0 Å². The van der Waals surface area contributed by atoms with Crippen LogP contribution in [0.4, 0.5) is 15.9 Å². The molecule has 0 unspecified atom stereocenters. The van der Waals surface area contributed by atoms with E-state index < -0.39 is 0 Å². The molecular weight excluding hydrogens is 471 g/mol. The molecule has 5 nitrogen and oxygen atoms in total. The summed E-state index contributed by atoms with van der Waals surface area (Å²) < 4.78 is 13.5. The molecule has 1 amide bonds. The number of amides is 1. The lowest BCUT2D eigenvalue weighted by Crippen LogP contribution is -2.47. The summed E-state index contributed by atoms with van der Waals surface area (Å²) in [6.07, 6.45) is 2.91. The summed E-state index contributed by atoms with van der Waals surface area (Å²) in [5, 5.41) is 3.72. The first-order valence-electron chi connectivity index (χ1n) is 12.2. The van der Waals surface area contributed by atoms with Gasteiger partial charge in [-0.3, -0.25) is 9.69 Å². The van der Waals surface area contributed by atoms with Gasteiger partial charge in [0.15, 0.2) is 0 Å². The van der Waals surface area contributed by atoms with Crippen LogP contribution in [0, 0.1) is 5.82 Å². The molecule has 2 aromatic carbocycles. The van der Waals surface area contributed by atoms with Crippen molar-refractivity contribution in [2.45, 2.75) is 13.0 Å². The first kappa shape index (κ1) is 24.2. The Kier molecular flexibility index (Phi) is 7.69. The van der Waals surface area contributed by atoms with Crippen molar-refractivity contribution in [2.75, 3.05) is 42.5 Å². The number of anilines is 2. The maximum Gasteiger partial charge on any atom is 0.259 e. The molecule has 0 aliphatic carbocycles. The Hall–Kier alpha value is -3.55. The van der Waals surface area contributed by atoms with E-state index >= 15 is 0 Å². The van der Waals surface area contributed by atoms with E-state index in [1.807, 2.05) is 35.2 Å². The molecule has 0 atom stereocenters. The number of hydrogen-bond donors (Lipinski definition) is 0. The molecule has 1 saturated heterocycles. The van der Waals surface area contributed by atoms with Gasteiger partial charge in [-0.2, -0.15) is 11.3 Å². The smallest absolute Gasteiger partial charge is 0.259 e. The standard InChI is InChI=1S/C29H29FN4OS/c30-26-7-9-27(10-8-26)34(29(35)25-13-19-36-22-25)21-24-6-11-28(31-20-24)33-17-15-32(16-18-33)14-12-23-4-2-1-3-5-23/h1-11,13,19-20,22H,12,14-18,21H2. The highest BCUT2D eigenvalue weighted by molar-refractivity contribution is 7.08. The molecule has 4 aromatic rings. The first-order valence-corrected chi connectivity index (χ1v) is 13.2. The van der Waals surface area contributed by atoms with E-state index in [0.717, 1.165) is 50.5 Å². The highest BCUT2D eigenvalue weighted by Crippen LogP contribution is 2.23. The van der Waals surface area contributed by atoms with Gasteiger partial charge >= 0.3 is 0 Å².